The summed E-state index contributed by atoms with van der Waals surface area (Å²) in [5.74, 6) is 0.901. The third kappa shape index (κ3) is 5.41. The van der Waals surface area contributed by atoms with Crippen LogP contribution in [0.2, 0.25) is 0 Å². The Kier molecular flexibility index (Phi) is 6.54. The van der Waals surface area contributed by atoms with Crippen molar-refractivity contribution in [1.29, 1.82) is 0 Å². The second-order valence-corrected chi connectivity index (χ2v) is 9.84. The number of ether oxygens (including phenoxy) is 2. The van der Waals surface area contributed by atoms with E-state index >= 15 is 0 Å². The monoisotopic (exact) mass is 445 g/mol. The zero-order valence-corrected chi connectivity index (χ0v) is 18.4. The average Bonchev–Trinajstić information content (AvgIpc) is 3.62. The Bertz CT molecular complexity index is 1030. The van der Waals surface area contributed by atoms with Crippen molar-refractivity contribution in [3.63, 3.8) is 0 Å². The number of pyridine rings is 1. The molecular formula is C22H27N3O5S. The molecule has 0 radical (unpaired) electrons. The molecule has 1 aromatic carbocycles. The number of aryl methyl sites for hydroxylation is 1. The van der Waals surface area contributed by atoms with Crippen LogP contribution in [-0.2, 0) is 21.3 Å². The van der Waals surface area contributed by atoms with E-state index in [1.54, 1.807) is 31.3 Å². The average molecular weight is 446 g/mol. The number of hydrogen-bond donors (Lipinski definition) is 1. The number of nitrogens with one attached hydrogen (secondary N) is 1. The highest BCUT2D eigenvalue weighted by molar-refractivity contribution is 7.89. The lowest BCUT2D eigenvalue weighted by Crippen LogP contribution is -2.41. The fraction of sp³-hybridized carbons (Fsp3) is 0.455. The highest BCUT2D eigenvalue weighted by Crippen LogP contribution is 2.29. The first-order valence-corrected chi connectivity index (χ1v) is 11.9. The van der Waals surface area contributed by atoms with Crippen molar-refractivity contribution >= 4 is 15.9 Å². The van der Waals surface area contributed by atoms with Gasteiger partial charge >= 0.3 is 0 Å². The van der Waals surface area contributed by atoms with Gasteiger partial charge < -0.3 is 14.8 Å². The molecule has 1 aromatic heterocycles. The second-order valence-electron chi connectivity index (χ2n) is 7.94. The van der Waals surface area contributed by atoms with Crippen molar-refractivity contribution in [3.8, 4) is 5.88 Å². The van der Waals surface area contributed by atoms with E-state index in [9.17, 15) is 13.2 Å². The molecule has 8 nitrogen and oxygen atoms in total. The maximum absolute atomic E-state index is 13.0. The molecule has 0 bridgehead atoms. The Hall–Kier alpha value is -2.49. The van der Waals surface area contributed by atoms with Gasteiger partial charge in [-0.25, -0.2) is 13.4 Å². The summed E-state index contributed by atoms with van der Waals surface area (Å²) in [5.41, 5.74) is 1.74. The molecule has 31 heavy (non-hydrogen) atoms. The Labute approximate surface area is 182 Å². The summed E-state index contributed by atoms with van der Waals surface area (Å²) in [6, 6.07) is 8.40. The lowest BCUT2D eigenvalue weighted by Gasteiger charge is -2.26. The van der Waals surface area contributed by atoms with Gasteiger partial charge in [0.25, 0.3) is 5.91 Å². The van der Waals surface area contributed by atoms with Crippen LogP contribution in [0.1, 0.15) is 34.3 Å². The standard InChI is InChI=1S/C22H27N3O5S/c1-16-2-6-19(12-20(16)31(27,28)25-8-10-29-11-9-25)22(26)24-14-18-5-7-21(23-13-18)30-15-17-3-4-17/h2,5-7,12-13,17H,3-4,8-11,14-15H2,1H3,(H,24,26). The van der Waals surface area contributed by atoms with Crippen LogP contribution in [0.25, 0.3) is 0 Å². The van der Waals surface area contributed by atoms with Crippen LogP contribution in [0.3, 0.4) is 0 Å². The van der Waals surface area contributed by atoms with Gasteiger partial charge in [0, 0.05) is 37.5 Å². The van der Waals surface area contributed by atoms with Gasteiger partial charge in [-0.3, -0.25) is 4.79 Å². The number of nitrogens with zero attached hydrogens (tertiary/aromatic N) is 2. The molecule has 1 N–H and O–H groups in total. The van der Waals surface area contributed by atoms with Crippen molar-refractivity contribution in [3.05, 3.63) is 53.2 Å². The number of amides is 1. The van der Waals surface area contributed by atoms with Crippen molar-refractivity contribution in [2.45, 2.75) is 31.2 Å². The van der Waals surface area contributed by atoms with E-state index in [1.165, 1.54) is 23.2 Å². The predicted molar refractivity (Wildman–Crippen MR) is 114 cm³/mol. The Morgan fingerprint density at radius 3 is 2.68 bits per heavy atom. The molecule has 2 aliphatic rings. The van der Waals surface area contributed by atoms with Crippen LogP contribution in [0.4, 0.5) is 0 Å². The van der Waals surface area contributed by atoms with Crippen molar-refractivity contribution in [2.24, 2.45) is 5.92 Å². The minimum Gasteiger partial charge on any atom is -0.477 e. The molecule has 0 unspecified atom stereocenters. The zero-order chi connectivity index (χ0) is 21.8. The van der Waals surface area contributed by atoms with Crippen LogP contribution in [-0.4, -0.2) is 56.5 Å². The summed E-state index contributed by atoms with van der Waals surface area (Å²) in [7, 11) is -3.68. The highest BCUT2D eigenvalue weighted by Gasteiger charge is 2.28. The van der Waals surface area contributed by atoms with Crippen LogP contribution in [0.5, 0.6) is 5.88 Å². The number of sulfonamides is 1. The van der Waals surface area contributed by atoms with Gasteiger partial charge in [-0.2, -0.15) is 4.31 Å². The molecule has 2 heterocycles. The second kappa shape index (κ2) is 9.33. The third-order valence-electron chi connectivity index (χ3n) is 5.45. The van der Waals surface area contributed by atoms with Crippen LogP contribution in [0, 0.1) is 12.8 Å². The first-order chi connectivity index (χ1) is 14.9. The predicted octanol–water partition coefficient (Wildman–Crippen LogP) is 2.13. The van der Waals surface area contributed by atoms with Gasteiger partial charge in [-0.05, 0) is 48.9 Å². The smallest absolute Gasteiger partial charge is 0.251 e. The van der Waals surface area contributed by atoms with Crippen molar-refractivity contribution in [2.75, 3.05) is 32.9 Å². The van der Waals surface area contributed by atoms with Crippen LogP contribution >= 0.6 is 0 Å². The largest absolute Gasteiger partial charge is 0.477 e. The summed E-state index contributed by atoms with van der Waals surface area (Å²) < 4.78 is 38.3. The van der Waals surface area contributed by atoms with Crippen LogP contribution < -0.4 is 10.1 Å². The van der Waals surface area contributed by atoms with E-state index in [-0.39, 0.29) is 17.3 Å². The number of morpholine rings is 1. The molecule has 2 fully saturated rings. The summed E-state index contributed by atoms with van der Waals surface area (Å²) in [5, 5.41) is 2.82. The van der Waals surface area contributed by atoms with E-state index in [0.29, 0.717) is 55.8 Å². The van der Waals surface area contributed by atoms with E-state index < -0.39 is 10.0 Å². The first kappa shape index (κ1) is 21.7. The SMILES string of the molecule is Cc1ccc(C(=O)NCc2ccc(OCC3CC3)nc2)cc1S(=O)(=O)N1CCOCC1. The Morgan fingerprint density at radius 2 is 2.00 bits per heavy atom. The first-order valence-electron chi connectivity index (χ1n) is 10.5. The third-order valence-corrected chi connectivity index (χ3v) is 7.49. The number of carbonyl (C=O) groups is 1. The maximum Gasteiger partial charge on any atom is 0.251 e. The quantitative estimate of drug-likeness (QED) is 0.669. The molecule has 1 saturated carbocycles. The van der Waals surface area contributed by atoms with E-state index in [1.807, 2.05) is 6.07 Å². The summed E-state index contributed by atoms with van der Waals surface area (Å²) in [4.78, 5) is 17.1. The lowest BCUT2D eigenvalue weighted by atomic mass is 10.1. The maximum atomic E-state index is 13.0. The molecule has 1 amide bonds. The minimum atomic E-state index is -3.68. The van der Waals surface area contributed by atoms with E-state index in [4.69, 9.17) is 9.47 Å². The molecule has 9 heteroatoms. The summed E-state index contributed by atoms with van der Waals surface area (Å²) in [6.07, 6.45) is 4.11. The van der Waals surface area contributed by atoms with Gasteiger partial charge in [-0.1, -0.05) is 12.1 Å². The fourth-order valence-corrected chi connectivity index (χ4v) is 4.98. The number of carbonyl (C=O) groups excluding carboxylic acids is 1. The molecule has 166 valence electrons. The van der Waals surface area contributed by atoms with E-state index in [2.05, 4.69) is 10.3 Å². The van der Waals surface area contributed by atoms with Gasteiger partial charge in [0.15, 0.2) is 0 Å². The normalized spacial score (nSPS) is 17.3. The zero-order valence-electron chi connectivity index (χ0n) is 17.5. The molecule has 1 aliphatic carbocycles. The number of aromatic nitrogens is 1. The molecule has 0 atom stereocenters. The van der Waals surface area contributed by atoms with Gasteiger partial charge in [-0.15, -0.1) is 0 Å². The minimum absolute atomic E-state index is 0.154. The number of benzene rings is 1. The Balaban J connectivity index is 1.39. The molecule has 0 spiro atoms. The van der Waals surface area contributed by atoms with E-state index in [0.717, 1.165) is 5.56 Å². The Morgan fingerprint density at radius 1 is 1.23 bits per heavy atom. The summed E-state index contributed by atoms with van der Waals surface area (Å²) in [6.45, 7) is 4.08. The number of rotatable bonds is 8. The van der Waals surface area contributed by atoms with Crippen LogP contribution in [0.15, 0.2) is 41.4 Å². The highest BCUT2D eigenvalue weighted by atomic mass is 32.2. The molecule has 1 aliphatic heterocycles. The van der Waals surface area contributed by atoms with Crippen molar-refractivity contribution < 1.29 is 22.7 Å². The number of hydrogen-bond acceptors (Lipinski definition) is 6. The van der Waals surface area contributed by atoms with Gasteiger partial charge in [0.2, 0.25) is 15.9 Å². The van der Waals surface area contributed by atoms with Gasteiger partial charge in [0.1, 0.15) is 0 Å². The lowest BCUT2D eigenvalue weighted by molar-refractivity contribution is 0.0730. The molecule has 1 saturated heterocycles. The molecular weight excluding hydrogens is 418 g/mol. The van der Waals surface area contributed by atoms with Crippen molar-refractivity contribution in [1.82, 2.24) is 14.6 Å². The molecule has 2 aromatic rings. The topological polar surface area (TPSA) is 97.8 Å². The summed E-state index contributed by atoms with van der Waals surface area (Å²) >= 11 is 0. The molecule has 4 rings (SSSR count). The van der Waals surface area contributed by atoms with Gasteiger partial charge in [0.05, 0.1) is 24.7 Å². The fourth-order valence-electron chi connectivity index (χ4n) is 3.32.